The zero-order valence-corrected chi connectivity index (χ0v) is 11.2. The number of fused-ring (bicyclic) bond motifs is 1. The van der Waals surface area contributed by atoms with Crippen molar-refractivity contribution in [2.24, 2.45) is 0 Å². The zero-order chi connectivity index (χ0) is 14.2. The Hall–Kier alpha value is -2.82. The smallest absolute Gasteiger partial charge is 0.232 e. The van der Waals surface area contributed by atoms with Crippen LogP contribution >= 0.6 is 0 Å². The second-order valence-electron chi connectivity index (χ2n) is 4.91. The first-order valence-corrected chi connectivity index (χ1v) is 6.75. The summed E-state index contributed by atoms with van der Waals surface area (Å²) in [5.74, 6) is 1.22. The number of nitrogen functional groups attached to an aromatic ring is 1. The molecule has 3 aromatic rings. The first-order chi connectivity index (χ1) is 10.3. The molecule has 1 aliphatic rings. The van der Waals surface area contributed by atoms with Gasteiger partial charge in [-0.1, -0.05) is 11.2 Å². The van der Waals surface area contributed by atoms with Crippen LogP contribution in [0.3, 0.4) is 0 Å². The topological polar surface area (TPSA) is 74.2 Å². The average molecular weight is 279 g/mol. The minimum atomic E-state index is 0.278. The van der Waals surface area contributed by atoms with E-state index in [1.165, 1.54) is 5.56 Å². The molecule has 1 aliphatic heterocycles. The maximum Gasteiger partial charge on any atom is 0.232 e. The Morgan fingerprint density at radius 2 is 2.10 bits per heavy atom. The lowest BCUT2D eigenvalue weighted by Crippen LogP contribution is -1.90. The standard InChI is InChI=1S/C16H13N3O2/c17-16-14(12-3-1-2-7-18-12)15(19-21-16)11-4-5-13-10(9-11)6-8-20-13/h1-5,7,9H,6,8,17H2. The van der Waals surface area contributed by atoms with Crippen LogP contribution in [0.5, 0.6) is 5.75 Å². The molecule has 2 N–H and O–H groups in total. The molecule has 0 saturated heterocycles. The summed E-state index contributed by atoms with van der Waals surface area (Å²) >= 11 is 0. The summed E-state index contributed by atoms with van der Waals surface area (Å²) in [6.45, 7) is 0.729. The highest BCUT2D eigenvalue weighted by atomic mass is 16.5. The Bertz CT molecular complexity index is 797. The lowest BCUT2D eigenvalue weighted by Gasteiger charge is -2.04. The summed E-state index contributed by atoms with van der Waals surface area (Å²) in [7, 11) is 0. The Morgan fingerprint density at radius 3 is 2.95 bits per heavy atom. The van der Waals surface area contributed by atoms with Gasteiger partial charge in [-0.15, -0.1) is 0 Å². The van der Waals surface area contributed by atoms with Crippen LogP contribution in [-0.4, -0.2) is 16.7 Å². The number of rotatable bonds is 2. The van der Waals surface area contributed by atoms with E-state index in [1.807, 2.05) is 30.3 Å². The van der Waals surface area contributed by atoms with Crippen LogP contribution < -0.4 is 10.5 Å². The molecule has 0 spiro atoms. The second kappa shape index (κ2) is 4.63. The molecule has 0 radical (unpaired) electrons. The van der Waals surface area contributed by atoms with Gasteiger partial charge in [-0.2, -0.15) is 0 Å². The Labute approximate surface area is 121 Å². The number of aromatic nitrogens is 2. The van der Waals surface area contributed by atoms with Crippen molar-refractivity contribution in [2.45, 2.75) is 6.42 Å². The number of pyridine rings is 1. The number of benzene rings is 1. The van der Waals surface area contributed by atoms with Crippen LogP contribution in [-0.2, 0) is 6.42 Å². The summed E-state index contributed by atoms with van der Waals surface area (Å²) in [5, 5.41) is 4.11. The average Bonchev–Trinajstić information content (AvgIpc) is 3.13. The minimum absolute atomic E-state index is 0.278. The van der Waals surface area contributed by atoms with E-state index in [2.05, 4.69) is 16.2 Å². The molecule has 1 aromatic carbocycles. The maximum atomic E-state index is 5.93. The highest BCUT2D eigenvalue weighted by molar-refractivity contribution is 5.85. The molecule has 4 rings (SSSR count). The molecule has 0 atom stereocenters. The van der Waals surface area contributed by atoms with Gasteiger partial charge in [0.1, 0.15) is 11.4 Å². The van der Waals surface area contributed by atoms with Gasteiger partial charge in [0.2, 0.25) is 5.88 Å². The van der Waals surface area contributed by atoms with Gasteiger partial charge in [0, 0.05) is 18.2 Å². The van der Waals surface area contributed by atoms with Crippen molar-refractivity contribution in [2.75, 3.05) is 12.3 Å². The fourth-order valence-corrected chi connectivity index (χ4v) is 2.59. The molecular weight excluding hydrogens is 266 g/mol. The molecule has 0 saturated carbocycles. The highest BCUT2D eigenvalue weighted by Crippen LogP contribution is 2.37. The quantitative estimate of drug-likeness (QED) is 0.780. The number of anilines is 1. The third-order valence-corrected chi connectivity index (χ3v) is 3.60. The van der Waals surface area contributed by atoms with Crippen LogP contribution in [0.2, 0.25) is 0 Å². The van der Waals surface area contributed by atoms with Crippen molar-refractivity contribution in [3.8, 4) is 28.3 Å². The molecule has 5 nitrogen and oxygen atoms in total. The van der Waals surface area contributed by atoms with Crippen LogP contribution in [0.4, 0.5) is 5.88 Å². The summed E-state index contributed by atoms with van der Waals surface area (Å²) in [5.41, 5.74) is 10.3. The van der Waals surface area contributed by atoms with E-state index in [-0.39, 0.29) is 5.88 Å². The number of hydrogen-bond acceptors (Lipinski definition) is 5. The Balaban J connectivity index is 1.87. The Kier molecular flexibility index (Phi) is 2.64. The van der Waals surface area contributed by atoms with Gasteiger partial charge in [0.25, 0.3) is 0 Å². The van der Waals surface area contributed by atoms with Gasteiger partial charge < -0.3 is 15.0 Å². The third kappa shape index (κ3) is 1.94. The van der Waals surface area contributed by atoms with E-state index in [4.69, 9.17) is 15.0 Å². The molecule has 0 aliphatic carbocycles. The van der Waals surface area contributed by atoms with E-state index in [1.54, 1.807) is 6.20 Å². The van der Waals surface area contributed by atoms with E-state index in [0.29, 0.717) is 5.69 Å². The maximum absolute atomic E-state index is 5.93. The molecule has 0 amide bonds. The molecule has 0 bridgehead atoms. The molecule has 21 heavy (non-hydrogen) atoms. The van der Waals surface area contributed by atoms with Crippen molar-refractivity contribution in [1.29, 1.82) is 0 Å². The fourth-order valence-electron chi connectivity index (χ4n) is 2.59. The summed E-state index contributed by atoms with van der Waals surface area (Å²) in [6.07, 6.45) is 2.64. The van der Waals surface area contributed by atoms with Gasteiger partial charge >= 0.3 is 0 Å². The first kappa shape index (κ1) is 12.0. The van der Waals surface area contributed by atoms with Crippen LogP contribution in [0.25, 0.3) is 22.5 Å². The van der Waals surface area contributed by atoms with Crippen molar-refractivity contribution >= 4 is 5.88 Å². The highest BCUT2D eigenvalue weighted by Gasteiger charge is 2.20. The number of ether oxygens (including phenoxy) is 1. The molecule has 0 fully saturated rings. The lowest BCUT2D eigenvalue weighted by atomic mass is 10.0. The number of hydrogen-bond donors (Lipinski definition) is 1. The van der Waals surface area contributed by atoms with E-state index in [0.717, 1.165) is 35.6 Å². The summed E-state index contributed by atoms with van der Waals surface area (Å²) in [6, 6.07) is 11.7. The monoisotopic (exact) mass is 279 g/mol. The summed E-state index contributed by atoms with van der Waals surface area (Å²) in [4.78, 5) is 4.34. The van der Waals surface area contributed by atoms with Gasteiger partial charge in [0.15, 0.2) is 0 Å². The van der Waals surface area contributed by atoms with E-state index >= 15 is 0 Å². The zero-order valence-electron chi connectivity index (χ0n) is 11.2. The third-order valence-electron chi connectivity index (χ3n) is 3.60. The van der Waals surface area contributed by atoms with Crippen molar-refractivity contribution in [1.82, 2.24) is 10.1 Å². The number of nitrogens with two attached hydrogens (primary N) is 1. The minimum Gasteiger partial charge on any atom is -0.493 e. The predicted molar refractivity (Wildman–Crippen MR) is 78.8 cm³/mol. The molecule has 3 heterocycles. The summed E-state index contributed by atoms with van der Waals surface area (Å²) < 4.78 is 10.7. The van der Waals surface area contributed by atoms with Gasteiger partial charge in [0.05, 0.1) is 17.9 Å². The molecule has 104 valence electrons. The van der Waals surface area contributed by atoms with Crippen LogP contribution in [0, 0.1) is 0 Å². The number of nitrogens with zero attached hydrogens (tertiary/aromatic N) is 2. The largest absolute Gasteiger partial charge is 0.493 e. The second-order valence-corrected chi connectivity index (χ2v) is 4.91. The normalized spacial score (nSPS) is 13.0. The SMILES string of the molecule is Nc1onc(-c2ccc3c(c2)CCO3)c1-c1ccccn1. The molecule has 5 heteroatoms. The van der Waals surface area contributed by atoms with Gasteiger partial charge in [-0.25, -0.2) is 0 Å². The van der Waals surface area contributed by atoms with Crippen LogP contribution in [0.15, 0.2) is 47.1 Å². The Morgan fingerprint density at radius 1 is 1.14 bits per heavy atom. The predicted octanol–water partition coefficient (Wildman–Crippen LogP) is 2.92. The van der Waals surface area contributed by atoms with Gasteiger partial charge in [-0.3, -0.25) is 4.98 Å². The lowest BCUT2D eigenvalue weighted by molar-refractivity contribution is 0.357. The fraction of sp³-hybridized carbons (Fsp3) is 0.125. The van der Waals surface area contributed by atoms with Crippen molar-refractivity contribution in [3.05, 3.63) is 48.2 Å². The van der Waals surface area contributed by atoms with Crippen molar-refractivity contribution < 1.29 is 9.26 Å². The van der Waals surface area contributed by atoms with Gasteiger partial charge in [-0.05, 0) is 35.9 Å². The molecule has 2 aromatic heterocycles. The van der Waals surface area contributed by atoms with Crippen LogP contribution in [0.1, 0.15) is 5.56 Å². The van der Waals surface area contributed by atoms with E-state index < -0.39 is 0 Å². The van der Waals surface area contributed by atoms with Crippen molar-refractivity contribution in [3.63, 3.8) is 0 Å². The molecular formula is C16H13N3O2. The molecule has 0 unspecified atom stereocenters. The first-order valence-electron chi connectivity index (χ1n) is 6.75. The van der Waals surface area contributed by atoms with E-state index in [9.17, 15) is 0 Å².